The fourth-order valence-electron chi connectivity index (χ4n) is 5.32. The average Bonchev–Trinajstić information content (AvgIpc) is 2.89. The molecule has 1 N–H and O–H groups in total. The summed E-state index contributed by atoms with van der Waals surface area (Å²) in [5, 5.41) is 3.42. The van der Waals surface area contributed by atoms with Crippen molar-refractivity contribution >= 4 is 29.1 Å². The molecule has 2 aliphatic rings. The first-order valence-electron chi connectivity index (χ1n) is 12.4. The number of anilines is 1. The van der Waals surface area contributed by atoms with Crippen LogP contribution in [-0.4, -0.2) is 43.6 Å². The molecule has 2 amide bonds. The molecule has 0 saturated heterocycles. The number of ether oxygens (including phenoxy) is 3. The minimum absolute atomic E-state index is 0.0744. The van der Waals surface area contributed by atoms with E-state index in [1.54, 1.807) is 24.3 Å². The molecule has 2 atom stereocenters. The van der Waals surface area contributed by atoms with Gasteiger partial charge in [-0.05, 0) is 73.4 Å². The van der Waals surface area contributed by atoms with Crippen molar-refractivity contribution in [2.24, 2.45) is 0 Å². The van der Waals surface area contributed by atoms with Gasteiger partial charge < -0.3 is 24.4 Å². The van der Waals surface area contributed by atoms with Crippen LogP contribution >= 0.6 is 11.6 Å². The van der Waals surface area contributed by atoms with E-state index in [1.807, 2.05) is 49.1 Å². The fourth-order valence-corrected chi connectivity index (χ4v) is 5.58. The number of hydrogen-bond donors (Lipinski definition) is 1. The average molecular weight is 521 g/mol. The molecule has 192 valence electrons. The first kappa shape index (κ1) is 25.0. The van der Waals surface area contributed by atoms with Crippen molar-refractivity contribution in [3.05, 3.63) is 81.9 Å². The van der Waals surface area contributed by atoms with Crippen LogP contribution in [-0.2, 0) is 11.2 Å². The van der Waals surface area contributed by atoms with Gasteiger partial charge in [-0.15, -0.1) is 0 Å². The van der Waals surface area contributed by atoms with Gasteiger partial charge in [-0.3, -0.25) is 9.59 Å². The Morgan fingerprint density at radius 3 is 2.43 bits per heavy atom. The largest absolute Gasteiger partial charge is 0.495 e. The maximum Gasteiger partial charge on any atom is 0.254 e. The van der Waals surface area contributed by atoms with Crippen molar-refractivity contribution < 1.29 is 23.8 Å². The number of halogens is 1. The second kappa shape index (κ2) is 10.3. The summed E-state index contributed by atoms with van der Waals surface area (Å²) < 4.78 is 17.0. The summed E-state index contributed by atoms with van der Waals surface area (Å²) in [7, 11) is 1.54. The molecule has 0 saturated carbocycles. The lowest BCUT2D eigenvalue weighted by Crippen LogP contribution is -2.49. The number of nitrogens with zero attached hydrogens (tertiary/aromatic N) is 1. The Labute approximate surface area is 221 Å². The van der Waals surface area contributed by atoms with E-state index in [9.17, 15) is 9.59 Å². The third kappa shape index (κ3) is 4.48. The van der Waals surface area contributed by atoms with Gasteiger partial charge >= 0.3 is 0 Å². The van der Waals surface area contributed by atoms with Crippen LogP contribution in [0.1, 0.15) is 52.9 Å². The highest BCUT2D eigenvalue weighted by atomic mass is 35.5. The van der Waals surface area contributed by atoms with Crippen molar-refractivity contribution in [3.63, 3.8) is 0 Å². The van der Waals surface area contributed by atoms with Crippen LogP contribution in [0.15, 0.2) is 54.6 Å². The topological polar surface area (TPSA) is 77.1 Å². The van der Waals surface area contributed by atoms with Crippen LogP contribution < -0.4 is 19.5 Å². The molecule has 2 aliphatic heterocycles. The summed E-state index contributed by atoms with van der Waals surface area (Å²) in [5.41, 5.74) is 3.74. The molecular formula is C29H29ClN2O5. The highest BCUT2D eigenvalue weighted by molar-refractivity contribution is 6.32. The number of nitrogens with one attached hydrogen (secondary N) is 1. The highest BCUT2D eigenvalue weighted by Gasteiger charge is 2.46. The number of rotatable bonds is 7. The maximum absolute atomic E-state index is 14.0. The molecule has 0 radical (unpaired) electrons. The van der Waals surface area contributed by atoms with Crippen LogP contribution in [0.25, 0.3) is 0 Å². The van der Waals surface area contributed by atoms with E-state index in [0.717, 1.165) is 11.1 Å². The molecule has 0 unspecified atom stereocenters. The molecular weight excluding hydrogens is 492 g/mol. The normalized spacial score (nSPS) is 17.8. The molecule has 7 nitrogen and oxygen atoms in total. The molecule has 0 aromatic heterocycles. The quantitative estimate of drug-likeness (QED) is 0.437. The molecule has 0 spiro atoms. The first-order valence-corrected chi connectivity index (χ1v) is 12.8. The molecule has 0 aliphatic carbocycles. The number of carbonyl (C=O) groups excluding carboxylic acids is 2. The zero-order valence-electron chi connectivity index (χ0n) is 21.0. The third-order valence-corrected chi connectivity index (χ3v) is 7.18. The summed E-state index contributed by atoms with van der Waals surface area (Å²) >= 11 is 6.31. The Bertz CT molecular complexity index is 1360. The summed E-state index contributed by atoms with van der Waals surface area (Å²) in [4.78, 5) is 29.4. The minimum atomic E-state index is -0.638. The summed E-state index contributed by atoms with van der Waals surface area (Å²) in [6.45, 7) is 5.33. The number of carbonyl (C=O) groups is 2. The number of fused-ring (bicyclic) bond motifs is 4. The van der Waals surface area contributed by atoms with Crippen LogP contribution in [0.3, 0.4) is 0 Å². The molecule has 0 fully saturated rings. The molecule has 3 aromatic rings. The molecule has 0 bridgehead atoms. The van der Waals surface area contributed by atoms with Crippen LogP contribution in [0.4, 0.5) is 5.69 Å². The minimum Gasteiger partial charge on any atom is -0.495 e. The van der Waals surface area contributed by atoms with E-state index < -0.39 is 12.0 Å². The zero-order valence-corrected chi connectivity index (χ0v) is 21.8. The number of amides is 2. The van der Waals surface area contributed by atoms with Gasteiger partial charge in [0.1, 0.15) is 5.75 Å². The standard InChI is InChI=1S/C29H29ClN2O5/c1-4-36-24-14-17-12-13-32-27(21(17)16-25(24)37-5-2)26(19-8-6-7-9-20(19)29(32)34)28(33)31-18-10-11-23(35-3)22(30)15-18/h6-11,14-16,26-27H,4-5,12-13H2,1-3H3,(H,31,33)/t26-,27+/m0/s1. The molecule has 5 rings (SSSR count). The van der Waals surface area contributed by atoms with E-state index in [2.05, 4.69) is 5.32 Å². The fraction of sp³-hybridized carbons (Fsp3) is 0.310. The summed E-state index contributed by atoms with van der Waals surface area (Å²) in [6.07, 6.45) is 0.661. The lowest BCUT2D eigenvalue weighted by molar-refractivity contribution is -0.119. The Balaban J connectivity index is 1.62. The second-order valence-electron chi connectivity index (χ2n) is 8.96. The molecule has 37 heavy (non-hydrogen) atoms. The number of methoxy groups -OCH3 is 1. The van der Waals surface area contributed by atoms with E-state index in [4.69, 9.17) is 25.8 Å². The van der Waals surface area contributed by atoms with Gasteiger partial charge in [-0.1, -0.05) is 29.8 Å². The lowest BCUT2D eigenvalue weighted by Gasteiger charge is -2.45. The zero-order chi connectivity index (χ0) is 26.1. The van der Waals surface area contributed by atoms with Gasteiger partial charge in [0.25, 0.3) is 5.91 Å². The lowest BCUT2D eigenvalue weighted by atomic mass is 9.75. The van der Waals surface area contributed by atoms with Crippen molar-refractivity contribution in [1.29, 1.82) is 0 Å². The SMILES string of the molecule is CCOc1cc2c(cc1OCC)[C@@H]1[C@@H](C(=O)Nc3ccc(OC)c(Cl)c3)c3ccccc3C(=O)N1CC2. The Morgan fingerprint density at radius 2 is 1.73 bits per heavy atom. The van der Waals surface area contributed by atoms with Gasteiger partial charge in [0.15, 0.2) is 11.5 Å². The molecule has 8 heteroatoms. The van der Waals surface area contributed by atoms with E-state index in [0.29, 0.717) is 65.3 Å². The van der Waals surface area contributed by atoms with Crippen molar-refractivity contribution in [2.75, 3.05) is 32.2 Å². The maximum atomic E-state index is 14.0. The van der Waals surface area contributed by atoms with Crippen LogP contribution in [0.5, 0.6) is 17.2 Å². The Kier molecular flexibility index (Phi) is 6.98. The van der Waals surface area contributed by atoms with Crippen molar-refractivity contribution in [3.8, 4) is 17.2 Å². The van der Waals surface area contributed by atoms with Gasteiger partial charge in [0.05, 0.1) is 37.3 Å². The second-order valence-corrected chi connectivity index (χ2v) is 9.37. The predicted molar refractivity (Wildman–Crippen MR) is 142 cm³/mol. The van der Waals surface area contributed by atoms with Crippen molar-refractivity contribution in [2.45, 2.75) is 32.2 Å². The number of benzene rings is 3. The van der Waals surface area contributed by atoms with Gasteiger partial charge in [0, 0.05) is 17.8 Å². The number of hydrogen-bond acceptors (Lipinski definition) is 5. The monoisotopic (exact) mass is 520 g/mol. The van der Waals surface area contributed by atoms with Gasteiger partial charge in [-0.25, -0.2) is 0 Å². The first-order chi connectivity index (χ1) is 18.0. The van der Waals surface area contributed by atoms with Crippen molar-refractivity contribution in [1.82, 2.24) is 4.90 Å². The molecule has 3 aromatic carbocycles. The van der Waals surface area contributed by atoms with E-state index in [1.165, 1.54) is 7.11 Å². The van der Waals surface area contributed by atoms with Gasteiger partial charge in [-0.2, -0.15) is 0 Å². The smallest absolute Gasteiger partial charge is 0.254 e. The van der Waals surface area contributed by atoms with Crippen LogP contribution in [0.2, 0.25) is 5.02 Å². The highest BCUT2D eigenvalue weighted by Crippen LogP contribution is 2.48. The summed E-state index contributed by atoms with van der Waals surface area (Å²) in [6, 6.07) is 15.9. The third-order valence-electron chi connectivity index (χ3n) is 6.89. The van der Waals surface area contributed by atoms with E-state index in [-0.39, 0.29) is 11.8 Å². The van der Waals surface area contributed by atoms with E-state index >= 15 is 0 Å². The Hall–Kier alpha value is -3.71. The van der Waals surface area contributed by atoms with Crippen LogP contribution in [0, 0.1) is 0 Å². The van der Waals surface area contributed by atoms with Gasteiger partial charge in [0.2, 0.25) is 5.91 Å². The predicted octanol–water partition coefficient (Wildman–Crippen LogP) is 5.62. The Morgan fingerprint density at radius 1 is 1.00 bits per heavy atom. The molecule has 2 heterocycles. The summed E-state index contributed by atoms with van der Waals surface area (Å²) in [5.74, 6) is 0.867.